The van der Waals surface area contributed by atoms with E-state index in [0.717, 1.165) is 12.8 Å². The molecule has 0 aliphatic heterocycles. The summed E-state index contributed by atoms with van der Waals surface area (Å²) in [4.78, 5) is 13.3. The van der Waals surface area contributed by atoms with Crippen LogP contribution in [0.25, 0.3) is 0 Å². The molecular formula is C7H11FO2. The van der Waals surface area contributed by atoms with Crippen LogP contribution in [0.5, 0.6) is 0 Å². The molecule has 3 heteroatoms. The van der Waals surface area contributed by atoms with Crippen molar-refractivity contribution >= 4 is 5.97 Å². The van der Waals surface area contributed by atoms with Crippen LogP contribution in [0.3, 0.4) is 0 Å². The lowest BCUT2D eigenvalue weighted by Gasteiger charge is -1.96. The van der Waals surface area contributed by atoms with E-state index in [9.17, 15) is 9.32 Å². The fraction of sp³-hybridized carbons (Fsp3) is 0.571. The van der Waals surface area contributed by atoms with E-state index in [1.165, 1.54) is 0 Å². The second kappa shape index (κ2) is 4.97. The van der Waals surface area contributed by atoms with E-state index in [-0.39, 0.29) is 5.57 Å². The van der Waals surface area contributed by atoms with Crippen molar-refractivity contribution in [3.63, 3.8) is 0 Å². The molecule has 0 aromatic rings. The first-order valence-electron chi connectivity index (χ1n) is 3.23. The number of rotatable bonds is 4. The average molecular weight is 146 g/mol. The molecule has 0 amide bonds. The fourth-order valence-electron chi connectivity index (χ4n) is 0.547. The first-order valence-corrected chi connectivity index (χ1v) is 3.23. The highest BCUT2D eigenvalue weighted by Crippen LogP contribution is 2.06. The molecule has 10 heavy (non-hydrogen) atoms. The SMILES string of the molecule is C=C(CCCC)C(=O)OF. The summed E-state index contributed by atoms with van der Waals surface area (Å²) < 4.78 is 11.2. The Hall–Kier alpha value is -0.860. The topological polar surface area (TPSA) is 26.3 Å². The minimum absolute atomic E-state index is 0.198. The molecule has 0 spiro atoms. The third-order valence-corrected chi connectivity index (χ3v) is 1.19. The monoisotopic (exact) mass is 146 g/mol. The summed E-state index contributed by atoms with van der Waals surface area (Å²) in [6.45, 7) is 5.33. The molecule has 0 radical (unpaired) electrons. The molecule has 0 unspecified atom stereocenters. The molecule has 0 aliphatic carbocycles. The van der Waals surface area contributed by atoms with Crippen LogP contribution in [-0.4, -0.2) is 5.97 Å². The van der Waals surface area contributed by atoms with Gasteiger partial charge in [-0.25, -0.2) is 9.74 Å². The Balaban J connectivity index is 3.52. The molecule has 0 aromatic carbocycles. The molecule has 0 heterocycles. The molecule has 0 N–H and O–H groups in total. The van der Waals surface area contributed by atoms with Gasteiger partial charge in [-0.05, 0) is 12.8 Å². The van der Waals surface area contributed by atoms with E-state index >= 15 is 0 Å². The predicted octanol–water partition coefficient (Wildman–Crippen LogP) is 2.16. The first kappa shape index (κ1) is 9.14. The van der Waals surface area contributed by atoms with Crippen LogP contribution in [0, 0.1) is 0 Å². The zero-order valence-corrected chi connectivity index (χ0v) is 6.02. The van der Waals surface area contributed by atoms with E-state index in [2.05, 4.69) is 11.5 Å². The van der Waals surface area contributed by atoms with Crippen molar-refractivity contribution in [3.8, 4) is 0 Å². The summed E-state index contributed by atoms with van der Waals surface area (Å²) in [5.41, 5.74) is 0.198. The summed E-state index contributed by atoms with van der Waals surface area (Å²) in [6, 6.07) is 0. The Morgan fingerprint density at radius 2 is 2.30 bits per heavy atom. The van der Waals surface area contributed by atoms with Crippen LogP contribution >= 0.6 is 0 Å². The molecule has 0 aliphatic rings. The maximum absolute atomic E-state index is 11.2. The zero-order chi connectivity index (χ0) is 7.98. The summed E-state index contributed by atoms with van der Waals surface area (Å²) in [5.74, 6) is -0.951. The van der Waals surface area contributed by atoms with Crippen LogP contribution in [0.2, 0.25) is 0 Å². The lowest BCUT2D eigenvalue weighted by Crippen LogP contribution is -2.00. The number of carbonyl (C=O) groups excluding carboxylic acids is 1. The maximum atomic E-state index is 11.2. The molecule has 2 nitrogen and oxygen atoms in total. The largest absolute Gasteiger partial charge is 0.374 e. The van der Waals surface area contributed by atoms with Crippen molar-refractivity contribution in [2.75, 3.05) is 0 Å². The summed E-state index contributed by atoms with van der Waals surface area (Å²) in [7, 11) is 0. The second-order valence-corrected chi connectivity index (χ2v) is 2.07. The van der Waals surface area contributed by atoms with Gasteiger partial charge in [0, 0.05) is 10.1 Å². The molecule has 0 atom stereocenters. The molecule has 58 valence electrons. The van der Waals surface area contributed by atoms with Gasteiger partial charge in [0.1, 0.15) is 0 Å². The van der Waals surface area contributed by atoms with Crippen molar-refractivity contribution in [2.24, 2.45) is 0 Å². The van der Waals surface area contributed by atoms with Gasteiger partial charge in [-0.2, -0.15) is 0 Å². The first-order chi connectivity index (χ1) is 4.72. The smallest absolute Gasteiger partial charge is 0.250 e. The van der Waals surface area contributed by atoms with Gasteiger partial charge in [-0.3, -0.25) is 0 Å². The lowest BCUT2D eigenvalue weighted by molar-refractivity contribution is -0.178. The predicted molar refractivity (Wildman–Crippen MR) is 35.9 cm³/mol. The Bertz CT molecular complexity index is 132. The van der Waals surface area contributed by atoms with Crippen LogP contribution in [0.4, 0.5) is 4.53 Å². The number of unbranched alkanes of at least 4 members (excludes halogenated alkanes) is 1. The Labute approximate surface area is 59.6 Å². The number of hydrogen-bond donors (Lipinski definition) is 0. The Kier molecular flexibility index (Phi) is 4.54. The van der Waals surface area contributed by atoms with Gasteiger partial charge in [-0.1, -0.05) is 19.9 Å². The highest BCUT2D eigenvalue weighted by Gasteiger charge is 2.06. The van der Waals surface area contributed by atoms with Crippen LogP contribution < -0.4 is 0 Å². The van der Waals surface area contributed by atoms with E-state index in [4.69, 9.17) is 0 Å². The second-order valence-electron chi connectivity index (χ2n) is 2.07. The standard InChI is InChI=1S/C7H11FO2/c1-3-4-5-6(2)7(9)10-8/h2-5H2,1H3. The van der Waals surface area contributed by atoms with Gasteiger partial charge in [-0.15, -0.1) is 0 Å². The van der Waals surface area contributed by atoms with Crippen molar-refractivity contribution in [3.05, 3.63) is 12.2 Å². The normalized spacial score (nSPS) is 9.00. The fourth-order valence-corrected chi connectivity index (χ4v) is 0.547. The Morgan fingerprint density at radius 1 is 1.70 bits per heavy atom. The van der Waals surface area contributed by atoms with E-state index < -0.39 is 5.97 Å². The third kappa shape index (κ3) is 3.22. The number of halogens is 1. The average Bonchev–Trinajstić information content (AvgIpc) is 1.98. The molecule has 0 aromatic heterocycles. The van der Waals surface area contributed by atoms with Crippen molar-refractivity contribution in [1.82, 2.24) is 0 Å². The summed E-state index contributed by atoms with van der Waals surface area (Å²) >= 11 is 0. The van der Waals surface area contributed by atoms with Crippen LogP contribution in [0.15, 0.2) is 12.2 Å². The van der Waals surface area contributed by atoms with Gasteiger partial charge >= 0.3 is 5.97 Å². The summed E-state index contributed by atoms with van der Waals surface area (Å²) in [5, 5.41) is 0. The van der Waals surface area contributed by atoms with Gasteiger partial charge in [0.05, 0.1) is 0 Å². The van der Waals surface area contributed by atoms with Crippen molar-refractivity contribution < 1.29 is 14.3 Å². The zero-order valence-electron chi connectivity index (χ0n) is 6.02. The highest BCUT2D eigenvalue weighted by molar-refractivity contribution is 5.87. The summed E-state index contributed by atoms with van der Waals surface area (Å²) in [6.07, 6.45) is 2.31. The van der Waals surface area contributed by atoms with Crippen LogP contribution in [-0.2, 0) is 9.74 Å². The van der Waals surface area contributed by atoms with Gasteiger partial charge in [0.15, 0.2) is 0 Å². The van der Waals surface area contributed by atoms with Gasteiger partial charge in [0.25, 0.3) is 0 Å². The lowest BCUT2D eigenvalue weighted by atomic mass is 10.1. The molecule has 0 saturated heterocycles. The van der Waals surface area contributed by atoms with E-state index in [1.54, 1.807) is 0 Å². The minimum Gasteiger partial charge on any atom is -0.250 e. The highest BCUT2D eigenvalue weighted by atomic mass is 19.3. The van der Waals surface area contributed by atoms with Gasteiger partial charge < -0.3 is 0 Å². The van der Waals surface area contributed by atoms with Gasteiger partial charge in [0.2, 0.25) is 0 Å². The van der Waals surface area contributed by atoms with Crippen molar-refractivity contribution in [2.45, 2.75) is 26.2 Å². The minimum atomic E-state index is -0.951. The van der Waals surface area contributed by atoms with E-state index in [1.807, 2.05) is 6.92 Å². The molecule has 0 bridgehead atoms. The van der Waals surface area contributed by atoms with Crippen LogP contribution in [0.1, 0.15) is 26.2 Å². The molecule has 0 saturated carbocycles. The number of hydrogen-bond acceptors (Lipinski definition) is 2. The Morgan fingerprint density at radius 3 is 2.70 bits per heavy atom. The van der Waals surface area contributed by atoms with Crippen molar-refractivity contribution in [1.29, 1.82) is 0 Å². The quantitative estimate of drug-likeness (QED) is 0.568. The third-order valence-electron chi connectivity index (χ3n) is 1.19. The number of carbonyl (C=O) groups is 1. The maximum Gasteiger partial charge on any atom is 0.374 e. The molecule has 0 rings (SSSR count). The molecule has 0 fully saturated rings. The van der Waals surface area contributed by atoms with E-state index in [0.29, 0.717) is 6.42 Å². The molecular weight excluding hydrogens is 135 g/mol.